The van der Waals surface area contributed by atoms with Gasteiger partial charge in [0.2, 0.25) is 0 Å². The van der Waals surface area contributed by atoms with Crippen LogP contribution in [0.5, 0.6) is 0 Å². The molecule has 2 heterocycles. The molecular weight excluding hydrogens is 196 g/mol. The fourth-order valence-corrected chi connectivity index (χ4v) is 1.90. The van der Waals surface area contributed by atoms with Crippen LogP contribution in [0.15, 0.2) is 24.0 Å². The number of aromatic nitrogens is 3. The minimum Gasteiger partial charge on any atom is -0.314 e. The van der Waals surface area contributed by atoms with Crippen LogP contribution in [0.1, 0.15) is 5.69 Å². The van der Waals surface area contributed by atoms with Gasteiger partial charge in [0.1, 0.15) is 17.0 Å². The van der Waals surface area contributed by atoms with Gasteiger partial charge in [0.25, 0.3) is 0 Å². The average Bonchev–Trinajstić information content (AvgIpc) is 2.68. The second kappa shape index (κ2) is 4.26. The van der Waals surface area contributed by atoms with Gasteiger partial charge in [0, 0.05) is 18.1 Å². The monoisotopic (exact) mass is 206 g/mol. The highest BCUT2D eigenvalue weighted by Gasteiger charge is 2.04. The molecule has 0 aliphatic heterocycles. The number of nitrogens with zero attached hydrogens (tertiary/aromatic N) is 3. The van der Waals surface area contributed by atoms with Crippen molar-refractivity contribution >= 4 is 11.3 Å². The number of rotatable bonds is 3. The third kappa shape index (κ3) is 1.94. The Morgan fingerprint density at radius 2 is 2.43 bits per heavy atom. The maximum absolute atomic E-state index is 4.44. The Labute approximate surface area is 86.1 Å². The molecule has 1 N–H and O–H groups in total. The van der Waals surface area contributed by atoms with Gasteiger partial charge in [-0.1, -0.05) is 0 Å². The van der Waals surface area contributed by atoms with Crippen LogP contribution in [0.3, 0.4) is 0 Å². The van der Waals surface area contributed by atoms with Crippen LogP contribution in [-0.2, 0) is 6.54 Å². The lowest BCUT2D eigenvalue weighted by Gasteiger charge is -1.93. The molecule has 0 saturated heterocycles. The molecule has 0 saturated carbocycles. The normalized spacial score (nSPS) is 10.4. The maximum Gasteiger partial charge on any atom is 0.142 e. The van der Waals surface area contributed by atoms with E-state index in [1.54, 1.807) is 17.5 Å². The molecular formula is C9H10N4S. The summed E-state index contributed by atoms with van der Waals surface area (Å²) in [6.45, 7) is 0.793. The van der Waals surface area contributed by atoms with E-state index in [9.17, 15) is 0 Å². The van der Waals surface area contributed by atoms with Crippen LogP contribution >= 0.6 is 11.3 Å². The lowest BCUT2D eigenvalue weighted by Crippen LogP contribution is -2.04. The van der Waals surface area contributed by atoms with Crippen molar-refractivity contribution in [2.24, 2.45) is 0 Å². The lowest BCUT2D eigenvalue weighted by atomic mass is 10.4. The van der Waals surface area contributed by atoms with E-state index in [4.69, 9.17) is 0 Å². The Bertz CT molecular complexity index is 398. The van der Waals surface area contributed by atoms with E-state index in [2.05, 4.69) is 20.3 Å². The van der Waals surface area contributed by atoms with Gasteiger partial charge >= 0.3 is 0 Å². The van der Waals surface area contributed by atoms with E-state index in [-0.39, 0.29) is 0 Å². The minimum absolute atomic E-state index is 0.793. The molecule has 2 aromatic heterocycles. The topological polar surface area (TPSA) is 50.7 Å². The maximum atomic E-state index is 4.44. The highest BCUT2D eigenvalue weighted by Crippen LogP contribution is 2.20. The lowest BCUT2D eigenvalue weighted by molar-refractivity contribution is 0.798. The van der Waals surface area contributed by atoms with E-state index in [0.717, 1.165) is 22.9 Å². The van der Waals surface area contributed by atoms with Crippen molar-refractivity contribution in [1.29, 1.82) is 0 Å². The molecule has 0 radical (unpaired) electrons. The van der Waals surface area contributed by atoms with Crippen LogP contribution in [0.25, 0.3) is 10.7 Å². The largest absolute Gasteiger partial charge is 0.314 e. The predicted octanol–water partition coefficient (Wildman–Crippen LogP) is 1.32. The molecule has 2 aromatic rings. The van der Waals surface area contributed by atoms with Crippen LogP contribution in [0, 0.1) is 0 Å². The van der Waals surface area contributed by atoms with Gasteiger partial charge in [0.15, 0.2) is 0 Å². The molecule has 0 spiro atoms. The first kappa shape index (κ1) is 9.23. The Hall–Kier alpha value is -1.33. The molecule has 0 aromatic carbocycles. The molecule has 72 valence electrons. The van der Waals surface area contributed by atoms with Crippen LogP contribution < -0.4 is 5.32 Å². The SMILES string of the molecule is CNCc1csc(-c2ccncn2)n1. The number of nitrogens with one attached hydrogen (secondary N) is 1. The standard InChI is InChI=1S/C9H10N4S/c1-10-4-7-5-14-9(13-7)8-2-3-11-6-12-8/h2-3,5-6,10H,4H2,1H3. The smallest absolute Gasteiger partial charge is 0.142 e. The Kier molecular flexibility index (Phi) is 2.81. The van der Waals surface area contributed by atoms with E-state index in [1.807, 2.05) is 18.5 Å². The highest BCUT2D eigenvalue weighted by atomic mass is 32.1. The van der Waals surface area contributed by atoms with E-state index in [1.165, 1.54) is 6.33 Å². The number of thiazole rings is 1. The Morgan fingerprint density at radius 1 is 1.50 bits per heavy atom. The van der Waals surface area contributed by atoms with Crippen LogP contribution in [0.4, 0.5) is 0 Å². The molecule has 5 heteroatoms. The van der Waals surface area contributed by atoms with Crippen molar-refractivity contribution in [2.45, 2.75) is 6.54 Å². The fraction of sp³-hybridized carbons (Fsp3) is 0.222. The molecule has 0 atom stereocenters. The summed E-state index contributed by atoms with van der Waals surface area (Å²) < 4.78 is 0. The highest BCUT2D eigenvalue weighted by molar-refractivity contribution is 7.13. The van der Waals surface area contributed by atoms with E-state index in [0.29, 0.717) is 0 Å². The molecule has 4 nitrogen and oxygen atoms in total. The van der Waals surface area contributed by atoms with Gasteiger partial charge in [-0.25, -0.2) is 15.0 Å². The molecule has 0 aliphatic carbocycles. The zero-order valence-electron chi connectivity index (χ0n) is 7.77. The molecule has 14 heavy (non-hydrogen) atoms. The van der Waals surface area contributed by atoms with Gasteiger partial charge < -0.3 is 5.32 Å². The van der Waals surface area contributed by atoms with Gasteiger partial charge in [-0.05, 0) is 13.1 Å². The zero-order chi connectivity index (χ0) is 9.80. The first-order chi connectivity index (χ1) is 6.90. The summed E-state index contributed by atoms with van der Waals surface area (Å²) in [4.78, 5) is 12.4. The third-order valence-corrected chi connectivity index (χ3v) is 2.62. The fourth-order valence-electron chi connectivity index (χ4n) is 1.10. The molecule has 2 rings (SSSR count). The van der Waals surface area contributed by atoms with Crippen molar-refractivity contribution in [1.82, 2.24) is 20.3 Å². The van der Waals surface area contributed by atoms with Gasteiger partial charge in [-0.2, -0.15) is 0 Å². The predicted molar refractivity (Wildman–Crippen MR) is 55.9 cm³/mol. The van der Waals surface area contributed by atoms with Gasteiger partial charge in [-0.15, -0.1) is 11.3 Å². The van der Waals surface area contributed by atoms with Crippen molar-refractivity contribution in [3.63, 3.8) is 0 Å². The summed E-state index contributed by atoms with van der Waals surface area (Å²) in [6.07, 6.45) is 3.26. The number of hydrogen-bond donors (Lipinski definition) is 1. The Morgan fingerprint density at radius 3 is 3.14 bits per heavy atom. The van der Waals surface area contributed by atoms with Crippen molar-refractivity contribution < 1.29 is 0 Å². The molecule has 0 amide bonds. The Balaban J connectivity index is 2.25. The zero-order valence-corrected chi connectivity index (χ0v) is 8.58. The summed E-state index contributed by atoms with van der Waals surface area (Å²) in [5.41, 5.74) is 1.93. The first-order valence-electron chi connectivity index (χ1n) is 4.25. The summed E-state index contributed by atoms with van der Waals surface area (Å²) >= 11 is 1.60. The van der Waals surface area contributed by atoms with Gasteiger partial charge in [-0.3, -0.25) is 0 Å². The third-order valence-electron chi connectivity index (χ3n) is 1.71. The van der Waals surface area contributed by atoms with Gasteiger partial charge in [0.05, 0.1) is 5.69 Å². The number of hydrogen-bond acceptors (Lipinski definition) is 5. The summed E-state index contributed by atoms with van der Waals surface area (Å²) in [5.74, 6) is 0. The average molecular weight is 206 g/mol. The summed E-state index contributed by atoms with van der Waals surface area (Å²) in [5, 5.41) is 6.04. The minimum atomic E-state index is 0.793. The second-order valence-electron chi connectivity index (χ2n) is 2.77. The van der Waals surface area contributed by atoms with Crippen LogP contribution in [0.2, 0.25) is 0 Å². The summed E-state index contributed by atoms with van der Waals surface area (Å²) in [6, 6.07) is 1.86. The van der Waals surface area contributed by atoms with Crippen molar-refractivity contribution in [2.75, 3.05) is 7.05 Å². The first-order valence-corrected chi connectivity index (χ1v) is 5.13. The summed E-state index contributed by atoms with van der Waals surface area (Å²) in [7, 11) is 1.91. The van der Waals surface area contributed by atoms with Crippen LogP contribution in [-0.4, -0.2) is 22.0 Å². The molecule has 0 aliphatic rings. The van der Waals surface area contributed by atoms with E-state index < -0.39 is 0 Å². The van der Waals surface area contributed by atoms with Crippen molar-refractivity contribution in [3.05, 3.63) is 29.7 Å². The molecule has 0 fully saturated rings. The second-order valence-corrected chi connectivity index (χ2v) is 3.63. The molecule has 0 bridgehead atoms. The van der Waals surface area contributed by atoms with Crippen molar-refractivity contribution in [3.8, 4) is 10.7 Å². The molecule has 0 unspecified atom stereocenters. The van der Waals surface area contributed by atoms with E-state index >= 15 is 0 Å². The quantitative estimate of drug-likeness (QED) is 0.823.